The third kappa shape index (κ3) is 6.96. The molecule has 5 nitrogen and oxygen atoms in total. The molecule has 0 aliphatic carbocycles. The molecule has 8 heteroatoms. The molecular weight excluding hydrogens is 347 g/mol. The molecule has 0 spiro atoms. The number of nitrogens with zero attached hydrogens (tertiary/aromatic N) is 1. The summed E-state index contributed by atoms with van der Waals surface area (Å²) in [7, 11) is -3.31. The smallest absolute Gasteiger partial charge is 0.225 e. The molecule has 0 aliphatic rings. The van der Waals surface area contributed by atoms with Crippen LogP contribution in [0.25, 0.3) is 0 Å². The van der Waals surface area contributed by atoms with Gasteiger partial charge in [-0.2, -0.15) is 0 Å². The number of anilines is 1. The van der Waals surface area contributed by atoms with E-state index in [1.165, 1.54) is 4.31 Å². The summed E-state index contributed by atoms with van der Waals surface area (Å²) in [6.45, 7) is 2.56. The van der Waals surface area contributed by atoms with E-state index in [0.717, 1.165) is 19.1 Å². The second-order valence-electron chi connectivity index (χ2n) is 4.97. The summed E-state index contributed by atoms with van der Waals surface area (Å²) in [6.07, 6.45) is 2.87. The lowest BCUT2D eigenvalue weighted by molar-refractivity contribution is -0.116. The highest BCUT2D eigenvalue weighted by molar-refractivity contribution is 7.88. The van der Waals surface area contributed by atoms with Crippen LogP contribution in [-0.2, 0) is 14.8 Å². The van der Waals surface area contributed by atoms with Gasteiger partial charge in [0, 0.05) is 35.2 Å². The monoisotopic (exact) mass is 366 g/mol. The first kappa shape index (κ1) is 19.2. The molecular formula is C14H20Cl2N2O3S. The lowest BCUT2D eigenvalue weighted by atomic mass is 10.3. The van der Waals surface area contributed by atoms with Crippen LogP contribution in [0.5, 0.6) is 0 Å². The quantitative estimate of drug-likeness (QED) is 0.766. The molecule has 124 valence electrons. The van der Waals surface area contributed by atoms with Crippen molar-refractivity contribution < 1.29 is 13.2 Å². The largest absolute Gasteiger partial charge is 0.326 e. The van der Waals surface area contributed by atoms with Gasteiger partial charge in [-0.1, -0.05) is 36.5 Å². The van der Waals surface area contributed by atoms with Gasteiger partial charge in [-0.25, -0.2) is 12.7 Å². The predicted octanol–water partition coefficient (Wildman–Crippen LogP) is 3.38. The highest BCUT2D eigenvalue weighted by Gasteiger charge is 2.17. The van der Waals surface area contributed by atoms with Crippen LogP contribution >= 0.6 is 23.2 Å². The molecule has 0 saturated heterocycles. The fourth-order valence-corrected chi connectivity index (χ4v) is 3.26. The van der Waals surface area contributed by atoms with E-state index in [2.05, 4.69) is 5.32 Å². The molecule has 0 aliphatic heterocycles. The van der Waals surface area contributed by atoms with Crippen molar-refractivity contribution in [3.8, 4) is 0 Å². The van der Waals surface area contributed by atoms with E-state index in [1.54, 1.807) is 18.2 Å². The minimum atomic E-state index is -3.31. The van der Waals surface area contributed by atoms with Crippen molar-refractivity contribution in [2.45, 2.75) is 26.2 Å². The zero-order valence-electron chi connectivity index (χ0n) is 12.6. The first-order chi connectivity index (χ1) is 10.2. The second kappa shape index (κ2) is 8.72. The molecule has 1 aromatic rings. The molecule has 0 radical (unpaired) electrons. The lowest BCUT2D eigenvalue weighted by Gasteiger charge is -2.19. The molecule has 0 bridgehead atoms. The second-order valence-corrected chi connectivity index (χ2v) is 7.83. The van der Waals surface area contributed by atoms with Gasteiger partial charge in [0.05, 0.1) is 6.26 Å². The maximum Gasteiger partial charge on any atom is 0.225 e. The van der Waals surface area contributed by atoms with Crippen LogP contribution in [0.2, 0.25) is 10.0 Å². The van der Waals surface area contributed by atoms with E-state index in [-0.39, 0.29) is 18.9 Å². The number of carbonyl (C=O) groups excluding carboxylic acids is 1. The molecule has 22 heavy (non-hydrogen) atoms. The fraction of sp³-hybridized carbons (Fsp3) is 0.500. The van der Waals surface area contributed by atoms with E-state index in [4.69, 9.17) is 23.2 Å². The van der Waals surface area contributed by atoms with Crippen LogP contribution in [0.4, 0.5) is 5.69 Å². The number of rotatable bonds is 8. The van der Waals surface area contributed by atoms with E-state index in [0.29, 0.717) is 22.3 Å². The van der Waals surface area contributed by atoms with Crippen LogP contribution in [0, 0.1) is 0 Å². The van der Waals surface area contributed by atoms with Crippen molar-refractivity contribution in [2.24, 2.45) is 0 Å². The number of hydrogen-bond donors (Lipinski definition) is 1. The molecule has 0 saturated carbocycles. The van der Waals surface area contributed by atoms with Crippen molar-refractivity contribution >= 4 is 44.8 Å². The Kier molecular flexibility index (Phi) is 7.62. The van der Waals surface area contributed by atoms with Crippen LogP contribution in [0.3, 0.4) is 0 Å². The van der Waals surface area contributed by atoms with Gasteiger partial charge < -0.3 is 5.32 Å². The lowest BCUT2D eigenvalue weighted by Crippen LogP contribution is -2.33. The van der Waals surface area contributed by atoms with Gasteiger partial charge in [-0.15, -0.1) is 0 Å². The third-order valence-corrected chi connectivity index (χ3v) is 4.70. The zero-order valence-corrected chi connectivity index (χ0v) is 14.9. The molecule has 0 heterocycles. The minimum Gasteiger partial charge on any atom is -0.326 e. The topological polar surface area (TPSA) is 66.5 Å². The summed E-state index contributed by atoms with van der Waals surface area (Å²) in [5.41, 5.74) is 0.488. The molecule has 0 aromatic heterocycles. The molecule has 0 unspecified atom stereocenters. The van der Waals surface area contributed by atoms with Gasteiger partial charge in [-0.3, -0.25) is 4.79 Å². The first-order valence-electron chi connectivity index (χ1n) is 6.93. The van der Waals surface area contributed by atoms with Crippen LogP contribution in [0.15, 0.2) is 18.2 Å². The number of carbonyl (C=O) groups is 1. The van der Waals surface area contributed by atoms with Crippen molar-refractivity contribution in [1.29, 1.82) is 0 Å². The van der Waals surface area contributed by atoms with Gasteiger partial charge in [0.1, 0.15) is 0 Å². The highest BCUT2D eigenvalue weighted by Crippen LogP contribution is 2.22. The van der Waals surface area contributed by atoms with E-state index in [1.807, 2.05) is 6.92 Å². The zero-order chi connectivity index (χ0) is 16.8. The Morgan fingerprint density at radius 1 is 1.18 bits per heavy atom. The van der Waals surface area contributed by atoms with E-state index < -0.39 is 10.0 Å². The van der Waals surface area contributed by atoms with Crippen molar-refractivity contribution in [3.05, 3.63) is 28.2 Å². The van der Waals surface area contributed by atoms with E-state index in [9.17, 15) is 13.2 Å². The Morgan fingerprint density at radius 2 is 1.77 bits per heavy atom. The number of hydrogen-bond acceptors (Lipinski definition) is 3. The Hall–Kier alpha value is -0.820. The van der Waals surface area contributed by atoms with Crippen molar-refractivity contribution in [3.63, 3.8) is 0 Å². The molecule has 1 amide bonds. The van der Waals surface area contributed by atoms with Crippen molar-refractivity contribution in [2.75, 3.05) is 24.7 Å². The molecule has 1 aromatic carbocycles. The Bertz CT molecular complexity index is 600. The molecule has 0 atom stereocenters. The SMILES string of the molecule is CCCCN(CCC(=O)Nc1cc(Cl)cc(Cl)c1)S(C)(=O)=O. The number of unbranched alkanes of at least 4 members (excludes halogenated alkanes) is 1. The molecule has 1 N–H and O–H groups in total. The summed E-state index contributed by atoms with van der Waals surface area (Å²) < 4.78 is 24.6. The number of halogens is 2. The van der Waals surface area contributed by atoms with Crippen LogP contribution in [-0.4, -0.2) is 38.0 Å². The van der Waals surface area contributed by atoms with Gasteiger partial charge >= 0.3 is 0 Å². The Morgan fingerprint density at radius 3 is 2.27 bits per heavy atom. The highest BCUT2D eigenvalue weighted by atomic mass is 35.5. The minimum absolute atomic E-state index is 0.0704. The first-order valence-corrected chi connectivity index (χ1v) is 9.54. The number of nitrogens with one attached hydrogen (secondary N) is 1. The number of sulfonamides is 1. The summed E-state index contributed by atoms with van der Waals surface area (Å²) in [6, 6.07) is 4.72. The third-order valence-electron chi connectivity index (χ3n) is 2.96. The number of amides is 1. The maximum absolute atomic E-state index is 11.9. The predicted molar refractivity (Wildman–Crippen MR) is 91.0 cm³/mol. The summed E-state index contributed by atoms with van der Waals surface area (Å²) >= 11 is 11.7. The average Bonchev–Trinajstić information content (AvgIpc) is 2.35. The van der Waals surface area contributed by atoms with Crippen LogP contribution < -0.4 is 5.32 Å². The van der Waals surface area contributed by atoms with Crippen molar-refractivity contribution in [1.82, 2.24) is 4.31 Å². The number of benzene rings is 1. The Labute approximate surface area is 141 Å². The van der Waals surface area contributed by atoms with Gasteiger partial charge in [0.2, 0.25) is 15.9 Å². The fourth-order valence-electron chi connectivity index (χ4n) is 1.85. The maximum atomic E-state index is 11.9. The Balaban J connectivity index is 2.60. The molecule has 0 fully saturated rings. The normalized spacial score (nSPS) is 11.7. The standard InChI is InChI=1S/C14H20Cl2N2O3S/c1-3-4-6-18(22(2,20)21)7-5-14(19)17-13-9-11(15)8-12(16)10-13/h8-10H,3-7H2,1-2H3,(H,17,19). The summed E-state index contributed by atoms with van der Waals surface area (Å²) in [4.78, 5) is 11.9. The van der Waals surface area contributed by atoms with Gasteiger partial charge in [0.25, 0.3) is 0 Å². The van der Waals surface area contributed by atoms with Gasteiger partial charge in [0.15, 0.2) is 0 Å². The average molecular weight is 367 g/mol. The summed E-state index contributed by atoms with van der Waals surface area (Å²) in [5.74, 6) is -0.288. The molecule has 1 rings (SSSR count). The van der Waals surface area contributed by atoms with Gasteiger partial charge in [-0.05, 0) is 24.6 Å². The van der Waals surface area contributed by atoms with E-state index >= 15 is 0 Å². The van der Waals surface area contributed by atoms with Crippen LogP contribution in [0.1, 0.15) is 26.2 Å². The summed E-state index contributed by atoms with van der Waals surface area (Å²) in [5, 5.41) is 3.50.